The number of hydrogen-bond acceptors (Lipinski definition) is 5. The first kappa shape index (κ1) is 16.1. The van der Waals surface area contributed by atoms with Gasteiger partial charge in [-0.15, -0.1) is 0 Å². The van der Waals surface area contributed by atoms with Gasteiger partial charge in [-0.25, -0.2) is 4.79 Å². The second kappa shape index (κ2) is 7.13. The number of carboxylic acids is 1. The molecule has 2 unspecified atom stereocenters. The van der Waals surface area contributed by atoms with E-state index in [2.05, 4.69) is 5.32 Å². The third kappa shape index (κ3) is 4.11. The zero-order chi connectivity index (χ0) is 16.1. The predicted molar refractivity (Wildman–Crippen MR) is 76.8 cm³/mol. The summed E-state index contributed by atoms with van der Waals surface area (Å²) in [4.78, 5) is 22.6. The minimum absolute atomic E-state index is 0.185. The molecule has 1 amide bonds. The fourth-order valence-corrected chi connectivity index (χ4v) is 2.18. The van der Waals surface area contributed by atoms with Crippen LogP contribution in [0.2, 0.25) is 0 Å². The lowest BCUT2D eigenvalue weighted by molar-refractivity contribution is -0.144. The quantitative estimate of drug-likeness (QED) is 0.684. The number of rotatable bonds is 7. The summed E-state index contributed by atoms with van der Waals surface area (Å²) in [5.41, 5.74) is 1.02. The standard InChI is InChI=1S/C15H19NO6/c1-9(17)14(15(19)20)16-13(18)4-2-3-10-5-6-11-12(7-10)22-8-21-11/h5-7,9,14,17H,2-4,8H2,1H3,(H,16,18)(H,19,20). The maximum absolute atomic E-state index is 11.7. The van der Waals surface area contributed by atoms with Gasteiger partial charge >= 0.3 is 5.97 Å². The van der Waals surface area contributed by atoms with Gasteiger partial charge in [0.2, 0.25) is 12.7 Å². The van der Waals surface area contributed by atoms with Crippen LogP contribution in [-0.4, -0.2) is 41.0 Å². The molecule has 1 heterocycles. The van der Waals surface area contributed by atoms with Crippen molar-refractivity contribution in [3.63, 3.8) is 0 Å². The zero-order valence-corrected chi connectivity index (χ0v) is 12.2. The zero-order valence-electron chi connectivity index (χ0n) is 12.2. The molecule has 0 aliphatic carbocycles. The number of aliphatic hydroxyl groups excluding tert-OH is 1. The van der Waals surface area contributed by atoms with Crippen LogP contribution in [0.15, 0.2) is 18.2 Å². The van der Waals surface area contributed by atoms with E-state index in [9.17, 15) is 14.7 Å². The highest BCUT2D eigenvalue weighted by Gasteiger charge is 2.24. The number of amides is 1. The van der Waals surface area contributed by atoms with E-state index in [1.807, 2.05) is 18.2 Å². The Bertz CT molecular complexity index is 557. The number of hydrogen-bond donors (Lipinski definition) is 3. The third-order valence-electron chi connectivity index (χ3n) is 3.37. The predicted octanol–water partition coefficient (Wildman–Crippen LogP) is 0.688. The van der Waals surface area contributed by atoms with E-state index >= 15 is 0 Å². The van der Waals surface area contributed by atoms with Crippen LogP contribution < -0.4 is 14.8 Å². The molecule has 0 saturated heterocycles. The molecule has 1 aromatic rings. The molecule has 0 radical (unpaired) electrons. The topological polar surface area (TPSA) is 105 Å². The summed E-state index contributed by atoms with van der Waals surface area (Å²) in [6.07, 6.45) is 0.272. The number of nitrogens with one attached hydrogen (secondary N) is 1. The smallest absolute Gasteiger partial charge is 0.328 e. The van der Waals surface area contributed by atoms with Crippen molar-refractivity contribution in [2.75, 3.05) is 6.79 Å². The second-order valence-corrected chi connectivity index (χ2v) is 5.17. The summed E-state index contributed by atoms with van der Waals surface area (Å²) < 4.78 is 10.5. The highest BCUT2D eigenvalue weighted by molar-refractivity contribution is 5.83. The Kier molecular flexibility index (Phi) is 5.21. The van der Waals surface area contributed by atoms with Gasteiger partial charge in [-0.05, 0) is 37.5 Å². The van der Waals surface area contributed by atoms with Gasteiger partial charge in [-0.1, -0.05) is 6.07 Å². The maximum Gasteiger partial charge on any atom is 0.328 e. The largest absolute Gasteiger partial charge is 0.480 e. The number of aliphatic carboxylic acids is 1. The van der Waals surface area contributed by atoms with Crippen LogP contribution in [0.5, 0.6) is 11.5 Å². The van der Waals surface area contributed by atoms with Crippen LogP contribution in [0, 0.1) is 0 Å². The Balaban J connectivity index is 1.78. The number of carbonyl (C=O) groups excluding carboxylic acids is 1. The van der Waals surface area contributed by atoms with E-state index < -0.39 is 24.0 Å². The Morgan fingerprint density at radius 3 is 2.73 bits per heavy atom. The Labute approximate surface area is 127 Å². The fraction of sp³-hybridized carbons (Fsp3) is 0.467. The van der Waals surface area contributed by atoms with Gasteiger partial charge in [0.15, 0.2) is 17.5 Å². The van der Waals surface area contributed by atoms with Crippen molar-refractivity contribution in [2.24, 2.45) is 0 Å². The van der Waals surface area contributed by atoms with Crippen LogP contribution in [0.3, 0.4) is 0 Å². The van der Waals surface area contributed by atoms with E-state index in [1.54, 1.807) is 0 Å². The van der Waals surface area contributed by atoms with Crippen LogP contribution in [0.25, 0.3) is 0 Å². The maximum atomic E-state index is 11.7. The van der Waals surface area contributed by atoms with Gasteiger partial charge in [-0.3, -0.25) is 4.79 Å². The average molecular weight is 309 g/mol. The minimum Gasteiger partial charge on any atom is -0.480 e. The van der Waals surface area contributed by atoms with Crippen molar-refractivity contribution < 1.29 is 29.3 Å². The number of fused-ring (bicyclic) bond motifs is 1. The lowest BCUT2D eigenvalue weighted by atomic mass is 10.1. The fourth-order valence-electron chi connectivity index (χ4n) is 2.18. The molecule has 0 spiro atoms. The van der Waals surface area contributed by atoms with Crippen LogP contribution in [0.4, 0.5) is 0 Å². The average Bonchev–Trinajstić information content (AvgIpc) is 2.91. The Morgan fingerprint density at radius 2 is 2.05 bits per heavy atom. The molecule has 1 aliphatic rings. The van der Waals surface area contributed by atoms with E-state index in [4.69, 9.17) is 14.6 Å². The summed E-state index contributed by atoms with van der Waals surface area (Å²) in [5.74, 6) is -0.238. The lowest BCUT2D eigenvalue weighted by Gasteiger charge is -2.16. The Morgan fingerprint density at radius 1 is 1.32 bits per heavy atom. The Hall–Kier alpha value is -2.28. The second-order valence-electron chi connectivity index (χ2n) is 5.17. The van der Waals surface area contributed by atoms with Crippen molar-refractivity contribution in [3.05, 3.63) is 23.8 Å². The monoisotopic (exact) mass is 309 g/mol. The van der Waals surface area contributed by atoms with Gasteiger partial charge in [0.05, 0.1) is 6.10 Å². The van der Waals surface area contributed by atoms with Crippen molar-refractivity contribution in [1.29, 1.82) is 0 Å². The molecular formula is C15H19NO6. The van der Waals surface area contributed by atoms with Gasteiger partial charge in [0, 0.05) is 6.42 Å². The number of benzene rings is 1. The molecule has 22 heavy (non-hydrogen) atoms. The molecule has 3 N–H and O–H groups in total. The number of aliphatic hydroxyl groups is 1. The van der Waals surface area contributed by atoms with E-state index in [-0.39, 0.29) is 13.2 Å². The number of ether oxygens (including phenoxy) is 2. The van der Waals surface area contributed by atoms with Gasteiger partial charge in [0.1, 0.15) is 0 Å². The van der Waals surface area contributed by atoms with Gasteiger partial charge in [-0.2, -0.15) is 0 Å². The van der Waals surface area contributed by atoms with Crippen LogP contribution >= 0.6 is 0 Å². The molecule has 0 fully saturated rings. The molecule has 1 aromatic carbocycles. The highest BCUT2D eigenvalue weighted by atomic mass is 16.7. The van der Waals surface area contributed by atoms with Crippen molar-refractivity contribution in [2.45, 2.75) is 38.3 Å². The molecule has 2 rings (SSSR count). The number of carboxylic acid groups (broad SMARTS) is 1. The molecule has 2 atom stereocenters. The third-order valence-corrected chi connectivity index (χ3v) is 3.37. The molecule has 1 aliphatic heterocycles. The number of aryl methyl sites for hydroxylation is 1. The summed E-state index contributed by atoms with van der Waals surface area (Å²) in [5, 5.41) is 20.5. The van der Waals surface area contributed by atoms with Gasteiger partial charge < -0.3 is 25.0 Å². The molecule has 0 aromatic heterocycles. The first-order valence-corrected chi connectivity index (χ1v) is 7.06. The van der Waals surface area contributed by atoms with E-state index in [0.717, 1.165) is 5.56 Å². The van der Waals surface area contributed by atoms with E-state index in [0.29, 0.717) is 24.3 Å². The summed E-state index contributed by atoms with van der Waals surface area (Å²) >= 11 is 0. The normalized spacial score (nSPS) is 15.2. The molecule has 7 heteroatoms. The molecule has 0 bridgehead atoms. The molecule has 0 saturated carbocycles. The lowest BCUT2D eigenvalue weighted by Crippen LogP contribution is -2.47. The van der Waals surface area contributed by atoms with Crippen molar-refractivity contribution >= 4 is 11.9 Å². The summed E-state index contributed by atoms with van der Waals surface area (Å²) in [7, 11) is 0. The first-order valence-electron chi connectivity index (χ1n) is 7.06. The molecule has 120 valence electrons. The highest BCUT2D eigenvalue weighted by Crippen LogP contribution is 2.32. The van der Waals surface area contributed by atoms with Gasteiger partial charge in [0.25, 0.3) is 0 Å². The van der Waals surface area contributed by atoms with Crippen LogP contribution in [0.1, 0.15) is 25.3 Å². The SMILES string of the molecule is CC(O)C(NC(=O)CCCc1ccc2c(c1)OCO2)C(=O)O. The van der Waals surface area contributed by atoms with Crippen molar-refractivity contribution in [3.8, 4) is 11.5 Å². The van der Waals surface area contributed by atoms with Crippen LogP contribution in [-0.2, 0) is 16.0 Å². The molecular weight excluding hydrogens is 290 g/mol. The summed E-state index contributed by atoms with van der Waals surface area (Å²) in [6.45, 7) is 1.54. The summed E-state index contributed by atoms with van der Waals surface area (Å²) in [6, 6.07) is 4.32. The molecule has 7 nitrogen and oxygen atoms in total. The van der Waals surface area contributed by atoms with Crippen molar-refractivity contribution in [1.82, 2.24) is 5.32 Å². The number of carbonyl (C=O) groups is 2. The van der Waals surface area contributed by atoms with E-state index in [1.165, 1.54) is 6.92 Å². The minimum atomic E-state index is -1.28. The first-order chi connectivity index (χ1) is 10.5.